The van der Waals surface area contributed by atoms with Crippen molar-refractivity contribution in [3.8, 4) is 11.4 Å². The van der Waals surface area contributed by atoms with E-state index in [0.717, 1.165) is 29.9 Å². The highest BCUT2D eigenvalue weighted by Crippen LogP contribution is 2.52. The zero-order valence-electron chi connectivity index (χ0n) is 15.4. The highest BCUT2D eigenvalue weighted by molar-refractivity contribution is 7.93. The number of aromatic nitrogens is 3. The first kappa shape index (κ1) is 18.1. The molecular weight excluding hydrogens is 404 g/mol. The van der Waals surface area contributed by atoms with Gasteiger partial charge in [-0.1, -0.05) is 30.3 Å². The van der Waals surface area contributed by atoms with Gasteiger partial charge in [-0.2, -0.15) is 0 Å². The van der Waals surface area contributed by atoms with Crippen LogP contribution >= 0.6 is 11.3 Å². The van der Waals surface area contributed by atoms with E-state index in [4.69, 9.17) is 0 Å². The Morgan fingerprint density at radius 1 is 1.00 bits per heavy atom. The minimum atomic E-state index is -3.66. The summed E-state index contributed by atoms with van der Waals surface area (Å²) in [6.07, 6.45) is 5.64. The van der Waals surface area contributed by atoms with E-state index < -0.39 is 10.0 Å². The van der Waals surface area contributed by atoms with Crippen LogP contribution in [-0.2, 0) is 15.4 Å². The number of rotatable bonds is 6. The van der Waals surface area contributed by atoms with E-state index >= 15 is 0 Å². The molecule has 0 bridgehead atoms. The van der Waals surface area contributed by atoms with E-state index in [-0.39, 0.29) is 10.3 Å². The molecule has 1 fully saturated rings. The lowest BCUT2D eigenvalue weighted by Gasteiger charge is -2.13. The number of hydrogen-bond acceptors (Lipinski definition) is 5. The van der Waals surface area contributed by atoms with E-state index in [1.807, 2.05) is 12.3 Å². The van der Waals surface area contributed by atoms with Crippen LogP contribution in [0.2, 0.25) is 0 Å². The van der Waals surface area contributed by atoms with Gasteiger partial charge in [-0.3, -0.25) is 4.72 Å². The maximum absolute atomic E-state index is 12.5. The smallest absolute Gasteiger partial charge is 0.263 e. The quantitative estimate of drug-likeness (QED) is 0.482. The van der Waals surface area contributed by atoms with Gasteiger partial charge in [0.15, 0.2) is 5.13 Å². The molecule has 0 atom stereocenters. The molecule has 2 aromatic carbocycles. The molecule has 0 aliphatic heterocycles. The Kier molecular flexibility index (Phi) is 4.25. The molecule has 29 heavy (non-hydrogen) atoms. The molecule has 1 aliphatic carbocycles. The lowest BCUT2D eigenvalue weighted by Crippen LogP contribution is -2.12. The highest BCUT2D eigenvalue weighted by atomic mass is 32.2. The Hall–Kier alpha value is -2.97. The van der Waals surface area contributed by atoms with Gasteiger partial charge < -0.3 is 4.98 Å². The second-order valence-corrected chi connectivity index (χ2v) is 9.64. The third kappa shape index (κ3) is 3.34. The Bertz CT molecular complexity index is 1230. The van der Waals surface area contributed by atoms with Crippen LogP contribution in [0.1, 0.15) is 24.1 Å². The maximum Gasteiger partial charge on any atom is 0.263 e. The van der Waals surface area contributed by atoms with Crippen LogP contribution in [0.4, 0.5) is 5.13 Å². The number of thiazole rings is 1. The number of hydrogen-bond donors (Lipinski definition) is 2. The number of nitrogens with one attached hydrogen (secondary N) is 2. The summed E-state index contributed by atoms with van der Waals surface area (Å²) in [5, 5.41) is 2.07. The molecular formula is C21H18N4O2S2. The average molecular weight is 423 g/mol. The topological polar surface area (TPSA) is 87.7 Å². The van der Waals surface area contributed by atoms with Gasteiger partial charge in [-0.15, -0.1) is 11.3 Å². The molecule has 0 spiro atoms. The number of anilines is 1. The molecule has 2 aromatic heterocycles. The molecule has 146 valence electrons. The molecule has 4 aromatic rings. The summed E-state index contributed by atoms with van der Waals surface area (Å²) in [6.45, 7) is 0. The first-order chi connectivity index (χ1) is 14.1. The van der Waals surface area contributed by atoms with Gasteiger partial charge >= 0.3 is 0 Å². The third-order valence-corrected chi connectivity index (χ3v) is 7.43. The highest BCUT2D eigenvalue weighted by Gasteiger charge is 2.47. The fourth-order valence-electron chi connectivity index (χ4n) is 3.55. The Morgan fingerprint density at radius 2 is 1.76 bits per heavy atom. The standard InChI is InChI=1S/C21H18N4O2S2/c26-29(27,25-20-22-12-13-28-20)17-8-6-15(7-9-17)19-23-14-18(24-19)21(10-11-21)16-4-2-1-3-5-16/h1-9,12-14H,10-11H2,(H,22,25)(H,23,24). The fourth-order valence-corrected chi connectivity index (χ4v) is 5.34. The van der Waals surface area contributed by atoms with Crippen LogP contribution in [0.5, 0.6) is 0 Å². The monoisotopic (exact) mass is 422 g/mol. The SMILES string of the molecule is O=S(=O)(Nc1nccs1)c1ccc(-c2ncc(C3(c4ccccc4)CC3)[nH]2)cc1. The maximum atomic E-state index is 12.5. The number of nitrogens with zero attached hydrogens (tertiary/aromatic N) is 2. The average Bonchev–Trinajstić information content (AvgIpc) is 3.13. The molecule has 0 amide bonds. The molecule has 6 nitrogen and oxygen atoms in total. The van der Waals surface area contributed by atoms with Crippen LogP contribution in [0.15, 0.2) is 77.3 Å². The summed E-state index contributed by atoms with van der Waals surface area (Å²) < 4.78 is 27.4. The molecule has 8 heteroatoms. The van der Waals surface area contributed by atoms with Crippen molar-refractivity contribution in [2.45, 2.75) is 23.2 Å². The lowest BCUT2D eigenvalue weighted by atomic mass is 9.93. The molecule has 1 saturated carbocycles. The molecule has 0 unspecified atom stereocenters. The van der Waals surface area contributed by atoms with Crippen molar-refractivity contribution in [1.29, 1.82) is 0 Å². The van der Waals surface area contributed by atoms with Crippen molar-refractivity contribution in [3.63, 3.8) is 0 Å². The van der Waals surface area contributed by atoms with Crippen LogP contribution in [0.25, 0.3) is 11.4 Å². The summed E-state index contributed by atoms with van der Waals surface area (Å²) in [7, 11) is -3.66. The largest absolute Gasteiger partial charge is 0.341 e. The van der Waals surface area contributed by atoms with Crippen molar-refractivity contribution in [2.24, 2.45) is 0 Å². The fraction of sp³-hybridized carbons (Fsp3) is 0.143. The number of sulfonamides is 1. The van der Waals surface area contributed by atoms with E-state index in [2.05, 4.69) is 43.9 Å². The van der Waals surface area contributed by atoms with E-state index in [0.29, 0.717) is 5.13 Å². The van der Waals surface area contributed by atoms with Crippen molar-refractivity contribution < 1.29 is 8.42 Å². The number of benzene rings is 2. The van der Waals surface area contributed by atoms with E-state index in [9.17, 15) is 8.42 Å². The third-order valence-electron chi connectivity index (χ3n) is 5.26. The van der Waals surface area contributed by atoms with Crippen molar-refractivity contribution in [3.05, 3.63) is 83.6 Å². The predicted octanol–water partition coefficient (Wildman–Crippen LogP) is 4.41. The minimum absolute atomic E-state index is 0.0212. The molecule has 1 aliphatic rings. The zero-order chi connectivity index (χ0) is 19.9. The van der Waals surface area contributed by atoms with Crippen LogP contribution in [-0.4, -0.2) is 23.4 Å². The van der Waals surface area contributed by atoms with Crippen molar-refractivity contribution >= 4 is 26.5 Å². The van der Waals surface area contributed by atoms with Crippen LogP contribution < -0.4 is 4.72 Å². The normalized spacial score (nSPS) is 15.2. The van der Waals surface area contributed by atoms with E-state index in [1.165, 1.54) is 16.9 Å². The zero-order valence-corrected chi connectivity index (χ0v) is 17.0. The molecule has 0 saturated heterocycles. The minimum Gasteiger partial charge on any atom is -0.341 e. The van der Waals surface area contributed by atoms with Gasteiger partial charge in [0.05, 0.1) is 4.90 Å². The Balaban J connectivity index is 1.39. The summed E-state index contributed by atoms with van der Waals surface area (Å²) in [6, 6.07) is 17.1. The van der Waals surface area contributed by atoms with Gasteiger partial charge in [0.2, 0.25) is 0 Å². The van der Waals surface area contributed by atoms with Crippen LogP contribution in [0, 0.1) is 0 Å². The second-order valence-electron chi connectivity index (χ2n) is 7.06. The number of imidazole rings is 1. The summed E-state index contributed by atoms with van der Waals surface area (Å²) in [4.78, 5) is 12.1. The Morgan fingerprint density at radius 3 is 2.41 bits per heavy atom. The van der Waals surface area contributed by atoms with Crippen molar-refractivity contribution in [1.82, 2.24) is 15.0 Å². The van der Waals surface area contributed by atoms with E-state index in [1.54, 1.807) is 35.8 Å². The molecule has 2 N–H and O–H groups in total. The lowest BCUT2D eigenvalue weighted by molar-refractivity contribution is 0.601. The molecule has 0 radical (unpaired) electrons. The van der Waals surface area contributed by atoms with Gasteiger partial charge in [-0.05, 0) is 42.7 Å². The second kappa shape index (κ2) is 6.82. The molecule has 5 rings (SSSR count). The summed E-state index contributed by atoms with van der Waals surface area (Å²) in [5.41, 5.74) is 3.26. The van der Waals surface area contributed by atoms with Crippen molar-refractivity contribution in [2.75, 3.05) is 4.72 Å². The van der Waals surface area contributed by atoms with Gasteiger partial charge in [0, 0.05) is 34.4 Å². The van der Waals surface area contributed by atoms with Gasteiger partial charge in [-0.25, -0.2) is 18.4 Å². The first-order valence-electron chi connectivity index (χ1n) is 9.21. The Labute approximate surface area is 172 Å². The predicted molar refractivity (Wildman–Crippen MR) is 113 cm³/mol. The molecule has 2 heterocycles. The summed E-state index contributed by atoms with van der Waals surface area (Å²) >= 11 is 1.24. The number of H-pyrrole nitrogens is 1. The number of aromatic amines is 1. The summed E-state index contributed by atoms with van der Waals surface area (Å²) in [5.74, 6) is 0.735. The van der Waals surface area contributed by atoms with Crippen LogP contribution in [0.3, 0.4) is 0 Å². The van der Waals surface area contributed by atoms with Gasteiger partial charge in [0.25, 0.3) is 10.0 Å². The van der Waals surface area contributed by atoms with Gasteiger partial charge in [0.1, 0.15) is 5.82 Å². The first-order valence-corrected chi connectivity index (χ1v) is 11.6.